The molecule has 2 aromatic heterocycles. The molecule has 1 aromatic carbocycles. The Balaban J connectivity index is 1.29. The predicted molar refractivity (Wildman–Crippen MR) is 132 cm³/mol. The first kappa shape index (κ1) is 24.4. The fraction of sp³-hybridized carbons (Fsp3) is 0.458. The molecule has 2 amide bonds. The molecule has 3 aromatic rings. The highest BCUT2D eigenvalue weighted by molar-refractivity contribution is 5.90. The number of nitrogens with one attached hydrogen (secondary N) is 1. The van der Waals surface area contributed by atoms with Gasteiger partial charge >= 0.3 is 5.69 Å². The van der Waals surface area contributed by atoms with Crippen LogP contribution in [-0.4, -0.2) is 48.5 Å². The minimum Gasteiger partial charge on any atom is -0.369 e. The number of aromatic nitrogens is 4. The molecule has 1 atom stereocenters. The number of rotatable bonds is 8. The van der Waals surface area contributed by atoms with Crippen molar-refractivity contribution in [1.82, 2.24) is 23.6 Å². The van der Waals surface area contributed by atoms with Crippen LogP contribution in [-0.2, 0) is 36.8 Å². The standard InChI is InChI=1S/C24H31N7O4/c1-28-22-20(23(34)29(2)24(28)35)31(15-26-22)12-4-6-19(32)27-18-9-7-16(8-10-18)13-30-11-3-5-17(14-30)21(25)33/h7-10,15,17H,3-6,11-14H2,1-2H3,(H2,25,33)(H,27,32). The molecule has 3 N–H and O–H groups in total. The van der Waals surface area contributed by atoms with Gasteiger partial charge in [0, 0.05) is 45.8 Å². The number of hydrogen-bond acceptors (Lipinski definition) is 6. The van der Waals surface area contributed by atoms with E-state index in [9.17, 15) is 19.2 Å². The normalized spacial score (nSPS) is 16.5. The van der Waals surface area contributed by atoms with E-state index in [0.717, 1.165) is 36.1 Å². The van der Waals surface area contributed by atoms with E-state index in [-0.39, 0.29) is 24.2 Å². The monoisotopic (exact) mass is 481 g/mol. The fourth-order valence-corrected chi connectivity index (χ4v) is 4.58. The van der Waals surface area contributed by atoms with E-state index < -0.39 is 11.2 Å². The van der Waals surface area contributed by atoms with Crippen LogP contribution in [0.4, 0.5) is 5.69 Å². The van der Waals surface area contributed by atoms with Gasteiger partial charge in [-0.3, -0.25) is 28.4 Å². The topological polar surface area (TPSA) is 137 Å². The lowest BCUT2D eigenvalue weighted by atomic mass is 9.97. The molecule has 3 heterocycles. The van der Waals surface area contributed by atoms with E-state index in [1.807, 2.05) is 24.3 Å². The first-order valence-electron chi connectivity index (χ1n) is 11.8. The molecule has 0 aliphatic carbocycles. The number of primary amides is 1. The number of nitrogens with two attached hydrogens (primary N) is 1. The second kappa shape index (κ2) is 10.3. The van der Waals surface area contributed by atoms with E-state index >= 15 is 0 Å². The first-order chi connectivity index (χ1) is 16.7. The molecule has 1 unspecified atom stereocenters. The summed E-state index contributed by atoms with van der Waals surface area (Å²) >= 11 is 0. The Morgan fingerprint density at radius 2 is 1.89 bits per heavy atom. The quantitative estimate of drug-likeness (QED) is 0.482. The molecule has 0 radical (unpaired) electrons. The summed E-state index contributed by atoms with van der Waals surface area (Å²) in [4.78, 5) is 54.9. The third-order valence-electron chi connectivity index (χ3n) is 6.57. The highest BCUT2D eigenvalue weighted by Crippen LogP contribution is 2.19. The van der Waals surface area contributed by atoms with Crippen molar-refractivity contribution in [1.29, 1.82) is 0 Å². The van der Waals surface area contributed by atoms with Gasteiger partial charge in [-0.05, 0) is 43.5 Å². The molecule has 0 spiro atoms. The van der Waals surface area contributed by atoms with E-state index in [2.05, 4.69) is 15.2 Å². The van der Waals surface area contributed by atoms with Crippen LogP contribution in [0.3, 0.4) is 0 Å². The number of carbonyl (C=O) groups excluding carboxylic acids is 2. The smallest absolute Gasteiger partial charge is 0.332 e. The number of likely N-dealkylation sites (tertiary alicyclic amines) is 1. The molecule has 1 aliphatic rings. The van der Waals surface area contributed by atoms with Gasteiger partial charge in [0.15, 0.2) is 11.2 Å². The lowest BCUT2D eigenvalue weighted by Crippen LogP contribution is -2.40. The summed E-state index contributed by atoms with van der Waals surface area (Å²) in [5.74, 6) is -0.442. The van der Waals surface area contributed by atoms with Gasteiger partial charge in [0.1, 0.15) is 0 Å². The Morgan fingerprint density at radius 3 is 2.60 bits per heavy atom. The SMILES string of the molecule is Cn1c(=O)c2c(ncn2CCCC(=O)Nc2ccc(CN3CCCC(C(N)=O)C3)cc2)n(C)c1=O. The summed E-state index contributed by atoms with van der Waals surface area (Å²) in [6.45, 7) is 2.79. The average Bonchev–Trinajstić information content (AvgIpc) is 3.27. The van der Waals surface area contributed by atoms with Crippen LogP contribution in [0.5, 0.6) is 0 Å². The Hall–Kier alpha value is -3.73. The number of amides is 2. The van der Waals surface area contributed by atoms with Gasteiger partial charge in [0.25, 0.3) is 5.56 Å². The Bertz CT molecular complexity index is 1350. The van der Waals surface area contributed by atoms with Gasteiger partial charge in [0.05, 0.1) is 12.2 Å². The number of nitrogens with zero attached hydrogens (tertiary/aromatic N) is 5. The maximum absolute atomic E-state index is 12.5. The Morgan fingerprint density at radius 1 is 1.14 bits per heavy atom. The molecule has 4 rings (SSSR count). The zero-order valence-corrected chi connectivity index (χ0v) is 20.1. The predicted octanol–water partition coefficient (Wildman–Crippen LogP) is 0.550. The summed E-state index contributed by atoms with van der Waals surface area (Å²) in [5, 5.41) is 2.90. The minimum atomic E-state index is -0.427. The van der Waals surface area contributed by atoms with Gasteiger partial charge in [-0.1, -0.05) is 12.1 Å². The maximum atomic E-state index is 12.5. The van der Waals surface area contributed by atoms with Crippen molar-refractivity contribution in [3.63, 3.8) is 0 Å². The fourth-order valence-electron chi connectivity index (χ4n) is 4.58. The summed E-state index contributed by atoms with van der Waals surface area (Å²) in [6.07, 6.45) is 4.12. The van der Waals surface area contributed by atoms with Crippen molar-refractivity contribution >= 4 is 28.7 Å². The van der Waals surface area contributed by atoms with Crippen LogP contribution >= 0.6 is 0 Å². The van der Waals surface area contributed by atoms with Crippen LogP contribution in [0.1, 0.15) is 31.2 Å². The van der Waals surface area contributed by atoms with E-state index in [1.165, 1.54) is 17.9 Å². The molecule has 11 heteroatoms. The van der Waals surface area contributed by atoms with E-state index in [0.29, 0.717) is 36.4 Å². The lowest BCUT2D eigenvalue weighted by Gasteiger charge is -2.31. The van der Waals surface area contributed by atoms with E-state index in [4.69, 9.17) is 5.73 Å². The zero-order valence-electron chi connectivity index (χ0n) is 20.1. The van der Waals surface area contributed by atoms with Crippen LogP contribution in [0.25, 0.3) is 11.2 Å². The number of carbonyl (C=O) groups is 2. The molecule has 0 saturated carbocycles. The average molecular weight is 482 g/mol. The largest absolute Gasteiger partial charge is 0.369 e. The van der Waals surface area contributed by atoms with Crippen molar-refractivity contribution in [3.05, 3.63) is 57.0 Å². The van der Waals surface area contributed by atoms with Crippen LogP contribution in [0, 0.1) is 5.92 Å². The Kier molecular flexibility index (Phi) is 7.15. The summed E-state index contributed by atoms with van der Waals surface area (Å²) < 4.78 is 4.08. The van der Waals surface area contributed by atoms with Gasteiger partial charge in [-0.15, -0.1) is 0 Å². The molecule has 186 valence electrons. The first-order valence-corrected chi connectivity index (χ1v) is 11.8. The highest BCUT2D eigenvalue weighted by atomic mass is 16.2. The number of piperidine rings is 1. The van der Waals surface area contributed by atoms with Crippen molar-refractivity contribution in [2.75, 3.05) is 18.4 Å². The van der Waals surface area contributed by atoms with Crippen molar-refractivity contribution < 1.29 is 9.59 Å². The molecule has 35 heavy (non-hydrogen) atoms. The van der Waals surface area contributed by atoms with Gasteiger partial charge < -0.3 is 15.6 Å². The van der Waals surface area contributed by atoms with Crippen LogP contribution < -0.4 is 22.3 Å². The molecule has 0 bridgehead atoms. The summed E-state index contributed by atoms with van der Waals surface area (Å²) in [7, 11) is 3.01. The van der Waals surface area contributed by atoms with Gasteiger partial charge in [-0.2, -0.15) is 0 Å². The molecule has 11 nitrogen and oxygen atoms in total. The number of benzene rings is 1. The summed E-state index contributed by atoms with van der Waals surface area (Å²) in [5.41, 5.74) is 7.13. The van der Waals surface area contributed by atoms with Crippen LogP contribution in [0.2, 0.25) is 0 Å². The second-order valence-corrected chi connectivity index (χ2v) is 9.14. The third kappa shape index (κ3) is 5.35. The number of aryl methyl sites for hydroxylation is 2. The van der Waals surface area contributed by atoms with Crippen molar-refractivity contribution in [2.24, 2.45) is 25.7 Å². The number of anilines is 1. The van der Waals surface area contributed by atoms with Gasteiger partial charge in [0.2, 0.25) is 11.8 Å². The highest BCUT2D eigenvalue weighted by Gasteiger charge is 2.23. The zero-order chi connectivity index (χ0) is 25.1. The van der Waals surface area contributed by atoms with Crippen molar-refractivity contribution in [3.8, 4) is 0 Å². The molecule has 1 aliphatic heterocycles. The van der Waals surface area contributed by atoms with Crippen LogP contribution in [0.15, 0.2) is 40.2 Å². The molecular formula is C24H31N7O4. The lowest BCUT2D eigenvalue weighted by molar-refractivity contribution is -0.123. The summed E-state index contributed by atoms with van der Waals surface area (Å²) in [6, 6.07) is 7.69. The second-order valence-electron chi connectivity index (χ2n) is 9.14. The van der Waals surface area contributed by atoms with Crippen molar-refractivity contribution in [2.45, 2.75) is 38.8 Å². The third-order valence-corrected chi connectivity index (χ3v) is 6.57. The number of hydrogen-bond donors (Lipinski definition) is 2. The van der Waals surface area contributed by atoms with E-state index in [1.54, 1.807) is 11.6 Å². The minimum absolute atomic E-state index is 0.0856. The number of fused-ring (bicyclic) bond motifs is 1. The molecule has 1 fully saturated rings. The Labute approximate surface area is 202 Å². The maximum Gasteiger partial charge on any atom is 0.332 e. The van der Waals surface area contributed by atoms with Gasteiger partial charge in [-0.25, -0.2) is 9.78 Å². The molecule has 1 saturated heterocycles. The number of imidazole rings is 1. The molecular weight excluding hydrogens is 450 g/mol.